The molecule has 7 heteroatoms. The fraction of sp³-hybridized carbons (Fsp3) is 0.486. The molecule has 3 aromatic carbocycles. The van der Waals surface area contributed by atoms with Gasteiger partial charge < -0.3 is 20.4 Å². The van der Waals surface area contributed by atoms with Gasteiger partial charge in [0.2, 0.25) is 5.91 Å². The summed E-state index contributed by atoms with van der Waals surface area (Å²) in [7, 11) is 0. The lowest BCUT2D eigenvalue weighted by atomic mass is 9.87. The van der Waals surface area contributed by atoms with Gasteiger partial charge in [-0.2, -0.15) is 0 Å². The highest BCUT2D eigenvalue weighted by Crippen LogP contribution is 2.28. The molecule has 2 saturated heterocycles. The maximum absolute atomic E-state index is 14.2. The van der Waals surface area contributed by atoms with Crippen molar-refractivity contribution in [1.29, 1.82) is 0 Å². The number of amides is 2. The number of fused-ring (bicyclic) bond motifs is 1. The summed E-state index contributed by atoms with van der Waals surface area (Å²) in [5.41, 5.74) is 1.96. The fourth-order valence-corrected chi connectivity index (χ4v) is 7.13. The SMILES string of the molecule is CC[C@H](CN1CC[C@@H](CNC(=O)c2ccc3cc(I)ccc3c2)NC(C2CCN(C(C)C)CC2)C1=O)c1ccccc1. The maximum Gasteiger partial charge on any atom is 0.251 e. The van der Waals surface area contributed by atoms with E-state index in [1.807, 2.05) is 24.3 Å². The third-order valence-electron chi connectivity index (χ3n) is 9.29. The summed E-state index contributed by atoms with van der Waals surface area (Å²) in [5, 5.41) is 9.14. The lowest BCUT2D eigenvalue weighted by molar-refractivity contribution is -0.134. The number of nitrogens with one attached hydrogen (secondary N) is 2. The predicted molar refractivity (Wildman–Crippen MR) is 180 cm³/mol. The molecule has 2 fully saturated rings. The third kappa shape index (κ3) is 7.53. The van der Waals surface area contributed by atoms with Gasteiger partial charge in [-0.1, -0.05) is 49.4 Å². The molecule has 0 aromatic heterocycles. The van der Waals surface area contributed by atoms with E-state index in [-0.39, 0.29) is 23.9 Å². The average molecular weight is 681 g/mol. The Morgan fingerprint density at radius 2 is 1.69 bits per heavy atom. The minimum absolute atomic E-state index is 0.0369. The lowest BCUT2D eigenvalue weighted by Gasteiger charge is -2.39. The van der Waals surface area contributed by atoms with Gasteiger partial charge in [0.1, 0.15) is 0 Å². The van der Waals surface area contributed by atoms with Crippen LogP contribution in [-0.4, -0.2) is 72.5 Å². The molecule has 2 aliphatic rings. The molecule has 0 saturated carbocycles. The monoisotopic (exact) mass is 680 g/mol. The van der Waals surface area contributed by atoms with E-state index in [9.17, 15) is 9.59 Å². The van der Waals surface area contributed by atoms with Crippen LogP contribution >= 0.6 is 22.6 Å². The smallest absolute Gasteiger partial charge is 0.251 e. The highest BCUT2D eigenvalue weighted by Gasteiger charge is 2.38. The molecule has 42 heavy (non-hydrogen) atoms. The molecule has 1 unspecified atom stereocenters. The summed E-state index contributed by atoms with van der Waals surface area (Å²) >= 11 is 2.31. The fourth-order valence-electron chi connectivity index (χ4n) is 6.61. The lowest BCUT2D eigenvalue weighted by Crippen LogP contribution is -2.55. The van der Waals surface area contributed by atoms with Crippen LogP contribution in [0.15, 0.2) is 66.7 Å². The van der Waals surface area contributed by atoms with Crippen LogP contribution in [0.25, 0.3) is 10.8 Å². The van der Waals surface area contributed by atoms with Crippen LogP contribution in [0.2, 0.25) is 0 Å². The van der Waals surface area contributed by atoms with E-state index in [2.05, 4.69) is 106 Å². The molecule has 0 radical (unpaired) electrons. The van der Waals surface area contributed by atoms with Crippen molar-refractivity contribution in [1.82, 2.24) is 20.4 Å². The molecule has 2 N–H and O–H groups in total. The van der Waals surface area contributed by atoms with Gasteiger partial charge in [0, 0.05) is 46.8 Å². The first-order valence-electron chi connectivity index (χ1n) is 15.6. The average Bonchev–Trinajstić information content (AvgIpc) is 3.17. The Morgan fingerprint density at radius 1 is 0.976 bits per heavy atom. The molecule has 6 nitrogen and oxygen atoms in total. The Kier molecular flexibility index (Phi) is 10.6. The van der Waals surface area contributed by atoms with E-state index in [1.165, 1.54) is 9.13 Å². The summed E-state index contributed by atoms with van der Waals surface area (Å²) < 4.78 is 1.18. The van der Waals surface area contributed by atoms with Crippen LogP contribution in [0.3, 0.4) is 0 Å². The van der Waals surface area contributed by atoms with Gasteiger partial charge in [0.05, 0.1) is 6.04 Å². The van der Waals surface area contributed by atoms with Crippen molar-refractivity contribution in [2.24, 2.45) is 5.92 Å². The maximum atomic E-state index is 14.2. The van der Waals surface area contributed by atoms with Crippen LogP contribution < -0.4 is 10.6 Å². The van der Waals surface area contributed by atoms with E-state index >= 15 is 0 Å². The largest absolute Gasteiger partial charge is 0.350 e. The number of carbonyl (C=O) groups excluding carboxylic acids is 2. The molecule has 3 aromatic rings. The minimum Gasteiger partial charge on any atom is -0.350 e. The Morgan fingerprint density at radius 3 is 2.40 bits per heavy atom. The quantitative estimate of drug-likeness (QED) is 0.271. The summed E-state index contributed by atoms with van der Waals surface area (Å²) in [6.07, 6.45) is 3.83. The van der Waals surface area contributed by atoms with E-state index in [1.54, 1.807) is 0 Å². The predicted octanol–water partition coefficient (Wildman–Crippen LogP) is 6.05. The van der Waals surface area contributed by atoms with Gasteiger partial charge in [0.25, 0.3) is 5.91 Å². The number of hydrogen-bond donors (Lipinski definition) is 2. The third-order valence-corrected chi connectivity index (χ3v) is 9.97. The van der Waals surface area contributed by atoms with Crippen molar-refractivity contribution in [3.8, 4) is 0 Å². The van der Waals surface area contributed by atoms with Gasteiger partial charge in [-0.05, 0) is 122 Å². The Hall–Kier alpha value is -2.49. The number of benzene rings is 3. The second-order valence-corrected chi connectivity index (χ2v) is 13.6. The Balaban J connectivity index is 1.29. The van der Waals surface area contributed by atoms with Crippen molar-refractivity contribution in [3.63, 3.8) is 0 Å². The normalized spacial score (nSPS) is 21.5. The van der Waals surface area contributed by atoms with Crippen molar-refractivity contribution in [3.05, 3.63) is 81.4 Å². The summed E-state index contributed by atoms with van der Waals surface area (Å²) in [6, 6.07) is 23.1. The first-order chi connectivity index (χ1) is 20.3. The first-order valence-corrected chi connectivity index (χ1v) is 16.7. The number of piperidine rings is 1. The number of halogens is 1. The topological polar surface area (TPSA) is 64.7 Å². The van der Waals surface area contributed by atoms with Crippen molar-refractivity contribution in [2.45, 2.75) is 70.5 Å². The van der Waals surface area contributed by atoms with Crippen molar-refractivity contribution in [2.75, 3.05) is 32.7 Å². The number of likely N-dealkylation sites (tertiary alicyclic amines) is 1. The molecule has 0 bridgehead atoms. The van der Waals surface area contributed by atoms with Gasteiger partial charge in [-0.25, -0.2) is 0 Å². The molecular weight excluding hydrogens is 635 g/mol. The van der Waals surface area contributed by atoms with Gasteiger partial charge in [0.15, 0.2) is 0 Å². The molecule has 5 rings (SSSR count). The molecule has 224 valence electrons. The molecule has 3 atom stereocenters. The summed E-state index contributed by atoms with van der Waals surface area (Å²) in [5.74, 6) is 0.768. The van der Waals surface area contributed by atoms with Crippen LogP contribution in [0, 0.1) is 9.49 Å². The van der Waals surface area contributed by atoms with Crippen LogP contribution in [0.4, 0.5) is 0 Å². The zero-order chi connectivity index (χ0) is 29.6. The van der Waals surface area contributed by atoms with E-state index in [0.717, 1.165) is 56.1 Å². The van der Waals surface area contributed by atoms with Crippen LogP contribution in [0.1, 0.15) is 68.3 Å². The van der Waals surface area contributed by atoms with Crippen molar-refractivity contribution < 1.29 is 9.59 Å². The van der Waals surface area contributed by atoms with E-state index < -0.39 is 0 Å². The van der Waals surface area contributed by atoms with E-state index in [4.69, 9.17) is 0 Å². The highest BCUT2D eigenvalue weighted by atomic mass is 127. The second-order valence-electron chi connectivity index (χ2n) is 12.3. The Labute approximate surface area is 264 Å². The van der Waals surface area contributed by atoms with E-state index in [0.29, 0.717) is 36.5 Å². The molecule has 2 heterocycles. The van der Waals surface area contributed by atoms with Gasteiger partial charge >= 0.3 is 0 Å². The van der Waals surface area contributed by atoms with Crippen LogP contribution in [-0.2, 0) is 4.79 Å². The summed E-state index contributed by atoms with van der Waals surface area (Å²) in [4.78, 5) is 32.0. The zero-order valence-corrected chi connectivity index (χ0v) is 27.3. The highest BCUT2D eigenvalue weighted by molar-refractivity contribution is 14.1. The number of carbonyl (C=O) groups is 2. The second kappa shape index (κ2) is 14.3. The Bertz CT molecular complexity index is 1360. The standard InChI is InChI=1S/C35H45IN4O2/c1-4-25(26-8-6-5-7-9-26)23-40-19-16-32(38-33(35(40)42)27-14-17-39(18-15-27)24(2)3)22-37-34(41)30-11-10-29-21-31(36)13-12-28(29)20-30/h5-13,20-21,24-25,27,32-33,38H,4,14-19,22-23H2,1-3H3,(H,37,41)/t25-,32+,33?/m1/s1. The van der Waals surface area contributed by atoms with Crippen LogP contribution in [0.5, 0.6) is 0 Å². The number of rotatable bonds is 9. The van der Waals surface area contributed by atoms with Crippen molar-refractivity contribution >= 4 is 45.2 Å². The molecule has 0 aliphatic carbocycles. The summed E-state index contributed by atoms with van der Waals surface area (Å²) in [6.45, 7) is 10.7. The molecular formula is C35H45IN4O2. The van der Waals surface area contributed by atoms with Gasteiger partial charge in [-0.15, -0.1) is 0 Å². The molecule has 2 aliphatic heterocycles. The molecule has 2 amide bonds. The minimum atomic E-state index is -0.222. The zero-order valence-electron chi connectivity index (χ0n) is 25.2. The molecule has 0 spiro atoms. The number of nitrogens with zero attached hydrogens (tertiary/aromatic N) is 2. The van der Waals surface area contributed by atoms with Gasteiger partial charge in [-0.3, -0.25) is 9.59 Å². The first kappa shape index (κ1) is 31.0. The number of hydrogen-bond acceptors (Lipinski definition) is 4.